The van der Waals surface area contributed by atoms with Gasteiger partial charge in [0.25, 0.3) is 5.91 Å². The molecule has 9 nitrogen and oxygen atoms in total. The molecule has 0 radical (unpaired) electrons. The van der Waals surface area contributed by atoms with Gasteiger partial charge in [-0.25, -0.2) is 0 Å². The van der Waals surface area contributed by atoms with Gasteiger partial charge in [0.2, 0.25) is 5.95 Å². The Morgan fingerprint density at radius 2 is 1.86 bits per heavy atom. The van der Waals surface area contributed by atoms with E-state index in [-0.39, 0.29) is 5.91 Å². The van der Waals surface area contributed by atoms with Gasteiger partial charge in [-0.1, -0.05) is 55.6 Å². The molecule has 184 valence electrons. The highest BCUT2D eigenvalue weighted by atomic mass is 16.5. The van der Waals surface area contributed by atoms with Crippen LogP contribution in [0.5, 0.6) is 11.5 Å². The van der Waals surface area contributed by atoms with Crippen molar-refractivity contribution in [3.63, 3.8) is 0 Å². The van der Waals surface area contributed by atoms with Crippen LogP contribution in [-0.4, -0.2) is 39.3 Å². The zero-order valence-electron chi connectivity index (χ0n) is 20.5. The predicted octanol–water partition coefficient (Wildman–Crippen LogP) is 4.96. The Hall–Kier alpha value is -3.88. The number of carbonyl (C=O) groups is 1. The summed E-state index contributed by atoms with van der Waals surface area (Å²) in [5.74, 6) is 1.64. The fourth-order valence-corrected chi connectivity index (χ4v) is 4.12. The number of carbonyl (C=O) groups excluding carboxylic acids is 1. The molecule has 3 aromatic rings. The van der Waals surface area contributed by atoms with Gasteiger partial charge in [0.1, 0.15) is 17.5 Å². The van der Waals surface area contributed by atoms with Crippen molar-refractivity contribution < 1.29 is 14.3 Å². The number of allylic oxidation sites excluding steroid dienone is 1. The molecule has 0 saturated heterocycles. The molecule has 1 aliphatic heterocycles. The maximum atomic E-state index is 13.6. The lowest BCUT2D eigenvalue weighted by Crippen LogP contribution is -2.31. The van der Waals surface area contributed by atoms with Crippen LogP contribution in [0.15, 0.2) is 59.8 Å². The lowest BCUT2D eigenvalue weighted by Gasteiger charge is -2.28. The molecular weight excluding hydrogens is 444 g/mol. The molecule has 0 saturated carbocycles. The number of rotatable bonds is 11. The molecule has 1 amide bonds. The predicted molar refractivity (Wildman–Crippen MR) is 135 cm³/mol. The van der Waals surface area contributed by atoms with Crippen molar-refractivity contribution in [2.75, 3.05) is 23.8 Å². The second kappa shape index (κ2) is 11.5. The fourth-order valence-electron chi connectivity index (χ4n) is 4.12. The highest BCUT2D eigenvalue weighted by Crippen LogP contribution is 2.36. The zero-order chi connectivity index (χ0) is 24.6. The number of anilines is 2. The number of hydrogen-bond donors (Lipinski definition) is 2. The van der Waals surface area contributed by atoms with Gasteiger partial charge < -0.3 is 20.1 Å². The first kappa shape index (κ1) is 24.3. The van der Waals surface area contributed by atoms with Crippen LogP contribution in [-0.2, 0) is 4.79 Å². The Labute approximate surface area is 205 Å². The molecule has 1 unspecified atom stereocenters. The molecule has 2 heterocycles. The SMILES string of the molecule is CCCCCCOc1ccc(C2C(C(=O)Nc3ccccc3OCC)=C(C)Nc3nnnn32)cc1. The van der Waals surface area contributed by atoms with E-state index >= 15 is 0 Å². The van der Waals surface area contributed by atoms with Crippen molar-refractivity contribution in [3.05, 3.63) is 65.4 Å². The molecule has 2 N–H and O–H groups in total. The lowest BCUT2D eigenvalue weighted by atomic mass is 9.95. The van der Waals surface area contributed by atoms with E-state index in [0.29, 0.717) is 41.9 Å². The lowest BCUT2D eigenvalue weighted by molar-refractivity contribution is -0.113. The van der Waals surface area contributed by atoms with E-state index in [4.69, 9.17) is 9.47 Å². The van der Waals surface area contributed by atoms with Gasteiger partial charge in [-0.15, -0.1) is 0 Å². The molecule has 9 heteroatoms. The number of hydrogen-bond acceptors (Lipinski definition) is 7. The highest BCUT2D eigenvalue weighted by Gasteiger charge is 2.34. The maximum Gasteiger partial charge on any atom is 0.255 e. The molecule has 4 rings (SSSR count). The van der Waals surface area contributed by atoms with E-state index in [2.05, 4.69) is 33.1 Å². The number of unbranched alkanes of at least 4 members (excludes halogenated alkanes) is 3. The van der Waals surface area contributed by atoms with Crippen molar-refractivity contribution in [3.8, 4) is 11.5 Å². The molecule has 35 heavy (non-hydrogen) atoms. The smallest absolute Gasteiger partial charge is 0.255 e. The van der Waals surface area contributed by atoms with Crippen molar-refractivity contribution in [1.82, 2.24) is 20.2 Å². The number of ether oxygens (including phenoxy) is 2. The van der Waals surface area contributed by atoms with Crippen LogP contribution in [0, 0.1) is 0 Å². The minimum Gasteiger partial charge on any atom is -0.494 e. The topological polar surface area (TPSA) is 103 Å². The van der Waals surface area contributed by atoms with E-state index in [1.165, 1.54) is 19.3 Å². The maximum absolute atomic E-state index is 13.6. The van der Waals surface area contributed by atoms with Crippen LogP contribution < -0.4 is 20.1 Å². The highest BCUT2D eigenvalue weighted by molar-refractivity contribution is 6.06. The number of para-hydroxylation sites is 2. The molecule has 1 aromatic heterocycles. The van der Waals surface area contributed by atoms with Gasteiger partial charge in [0.05, 0.1) is 24.5 Å². The standard InChI is InChI=1S/C26H32N6O3/c1-4-6-7-10-17-35-20-15-13-19(14-16-20)24-23(18(3)27-26-29-30-31-32(24)26)25(33)28-21-11-8-9-12-22(21)34-5-2/h8-9,11-16,24H,4-7,10,17H2,1-3H3,(H,28,33)(H,27,29,31). The summed E-state index contributed by atoms with van der Waals surface area (Å²) in [6.45, 7) is 7.14. The van der Waals surface area contributed by atoms with Crippen molar-refractivity contribution in [2.45, 2.75) is 52.5 Å². The third-order valence-corrected chi connectivity index (χ3v) is 5.86. The monoisotopic (exact) mass is 476 g/mol. The van der Waals surface area contributed by atoms with Crippen molar-refractivity contribution in [2.24, 2.45) is 0 Å². The summed E-state index contributed by atoms with van der Waals surface area (Å²) in [5.41, 5.74) is 2.68. The van der Waals surface area contributed by atoms with Crippen molar-refractivity contribution in [1.29, 1.82) is 0 Å². The van der Waals surface area contributed by atoms with Crippen molar-refractivity contribution >= 4 is 17.5 Å². The van der Waals surface area contributed by atoms with Gasteiger partial charge in [-0.2, -0.15) is 4.68 Å². The second-order valence-corrected chi connectivity index (χ2v) is 8.37. The summed E-state index contributed by atoms with van der Waals surface area (Å²) < 4.78 is 13.2. The minimum atomic E-state index is -0.501. The van der Waals surface area contributed by atoms with Crippen LogP contribution >= 0.6 is 0 Å². The first-order valence-corrected chi connectivity index (χ1v) is 12.1. The first-order chi connectivity index (χ1) is 17.1. The number of tetrazole rings is 1. The van der Waals surface area contributed by atoms with Gasteiger partial charge in [0, 0.05) is 5.70 Å². The summed E-state index contributed by atoms with van der Waals surface area (Å²) >= 11 is 0. The van der Waals surface area contributed by atoms with Crippen LogP contribution in [0.4, 0.5) is 11.6 Å². The summed E-state index contributed by atoms with van der Waals surface area (Å²) in [5, 5.41) is 18.2. The number of benzene rings is 2. The summed E-state index contributed by atoms with van der Waals surface area (Å²) in [6.07, 6.45) is 4.62. The first-order valence-electron chi connectivity index (χ1n) is 12.1. The summed E-state index contributed by atoms with van der Waals surface area (Å²) in [6, 6.07) is 14.6. The largest absolute Gasteiger partial charge is 0.494 e. The summed E-state index contributed by atoms with van der Waals surface area (Å²) in [4.78, 5) is 13.6. The molecule has 0 aliphatic carbocycles. The van der Waals surface area contributed by atoms with Crippen LogP contribution in [0.25, 0.3) is 0 Å². The number of amides is 1. The molecule has 0 fully saturated rings. The molecule has 2 aromatic carbocycles. The Balaban J connectivity index is 1.58. The molecule has 0 bridgehead atoms. The third kappa shape index (κ3) is 5.62. The quantitative estimate of drug-likeness (QED) is 0.377. The number of nitrogens with one attached hydrogen (secondary N) is 2. The molecule has 1 atom stereocenters. The average Bonchev–Trinajstić information content (AvgIpc) is 3.33. The Bertz CT molecular complexity index is 1170. The number of aromatic nitrogens is 4. The van der Waals surface area contributed by atoms with Crippen LogP contribution in [0.3, 0.4) is 0 Å². The molecule has 0 spiro atoms. The number of nitrogens with zero attached hydrogens (tertiary/aromatic N) is 4. The fraction of sp³-hybridized carbons (Fsp3) is 0.385. The number of fused-ring (bicyclic) bond motifs is 1. The normalized spacial score (nSPS) is 14.8. The average molecular weight is 477 g/mol. The Morgan fingerprint density at radius 1 is 1.06 bits per heavy atom. The van der Waals surface area contributed by atoms with Gasteiger partial charge in [-0.05, 0) is 60.5 Å². The Morgan fingerprint density at radius 3 is 2.63 bits per heavy atom. The van der Waals surface area contributed by atoms with E-state index in [1.807, 2.05) is 62.4 Å². The second-order valence-electron chi connectivity index (χ2n) is 8.37. The van der Waals surface area contributed by atoms with Crippen LogP contribution in [0.1, 0.15) is 58.1 Å². The summed E-state index contributed by atoms with van der Waals surface area (Å²) in [7, 11) is 0. The van der Waals surface area contributed by atoms with E-state index in [1.54, 1.807) is 4.68 Å². The van der Waals surface area contributed by atoms with Gasteiger partial charge in [-0.3, -0.25) is 4.79 Å². The third-order valence-electron chi connectivity index (χ3n) is 5.86. The van der Waals surface area contributed by atoms with Crippen LogP contribution in [0.2, 0.25) is 0 Å². The van der Waals surface area contributed by atoms with Gasteiger partial charge in [0.15, 0.2) is 0 Å². The molecule has 1 aliphatic rings. The van der Waals surface area contributed by atoms with E-state index in [9.17, 15) is 4.79 Å². The van der Waals surface area contributed by atoms with E-state index < -0.39 is 6.04 Å². The van der Waals surface area contributed by atoms with Gasteiger partial charge >= 0.3 is 0 Å². The molecular formula is C26H32N6O3. The zero-order valence-corrected chi connectivity index (χ0v) is 20.5. The Kier molecular flexibility index (Phi) is 7.97. The minimum absolute atomic E-state index is 0.260. The van der Waals surface area contributed by atoms with E-state index in [0.717, 1.165) is 17.7 Å².